The average Bonchev–Trinajstić information content (AvgIpc) is 2.53. The fraction of sp³-hybridized carbons (Fsp3) is 0.667. The van der Waals surface area contributed by atoms with Crippen LogP contribution in [0.25, 0.3) is 0 Å². The van der Waals surface area contributed by atoms with Crippen molar-refractivity contribution in [2.75, 3.05) is 38.0 Å². The Morgan fingerprint density at radius 1 is 1.30 bits per heavy atom. The molecule has 1 aromatic heterocycles. The Labute approximate surface area is 118 Å². The lowest BCUT2D eigenvalue weighted by molar-refractivity contribution is -0.122. The minimum atomic E-state index is -0.245. The molecule has 1 saturated heterocycles. The van der Waals surface area contributed by atoms with E-state index in [1.165, 1.54) is 7.11 Å². The zero-order chi connectivity index (χ0) is 14.5. The number of carbonyl (C=O) groups is 1. The quantitative estimate of drug-likeness (QED) is 0.803. The summed E-state index contributed by atoms with van der Waals surface area (Å²) < 4.78 is 5.08. The highest BCUT2D eigenvalue weighted by molar-refractivity contribution is 5.84. The van der Waals surface area contributed by atoms with Gasteiger partial charge in [0.05, 0.1) is 7.11 Å². The Bertz CT molecular complexity index is 459. The average molecular weight is 280 g/mol. The fourth-order valence-electron chi connectivity index (χ4n) is 2.29. The molecule has 2 N–H and O–H groups in total. The van der Waals surface area contributed by atoms with Gasteiger partial charge in [-0.1, -0.05) is 0 Å². The number of nitrogens with one attached hydrogen (secondary N) is 2. The molecule has 0 aliphatic carbocycles. The van der Waals surface area contributed by atoms with Crippen molar-refractivity contribution < 1.29 is 9.53 Å². The third-order valence-electron chi connectivity index (χ3n) is 3.32. The van der Waals surface area contributed by atoms with Crippen LogP contribution in [0.3, 0.4) is 0 Å². The van der Waals surface area contributed by atoms with E-state index in [-0.39, 0.29) is 18.0 Å². The maximum Gasteiger partial charge on any atom is 0.322 e. The van der Waals surface area contributed by atoms with E-state index < -0.39 is 0 Å². The predicted molar refractivity (Wildman–Crippen MR) is 75.0 cm³/mol. The first-order valence-electron chi connectivity index (χ1n) is 6.65. The molecule has 20 heavy (non-hydrogen) atoms. The van der Waals surface area contributed by atoms with Gasteiger partial charge in [0.15, 0.2) is 0 Å². The molecule has 0 spiro atoms. The number of likely N-dealkylation sites (N-methyl/N-ethyl adjacent to an activating group) is 1. The minimum Gasteiger partial charge on any atom is -0.467 e. The number of hydrogen-bond acceptors (Lipinski definition) is 7. The molecule has 2 rings (SSSR count). The standard InChI is InChI=1S/C12H20N6O2/c1-13-9(19)8-6-4-5-7-18(8)11-15-10(14-2)16-12(17-11)20-3/h8H,4-7H2,1-3H3,(H,13,19)(H,14,15,16,17). The van der Waals surface area contributed by atoms with Crippen LogP contribution < -0.4 is 20.3 Å². The van der Waals surface area contributed by atoms with Gasteiger partial charge >= 0.3 is 6.01 Å². The van der Waals surface area contributed by atoms with Gasteiger partial charge in [0, 0.05) is 20.6 Å². The Balaban J connectivity index is 2.33. The zero-order valence-corrected chi connectivity index (χ0v) is 12.0. The second-order valence-electron chi connectivity index (χ2n) is 4.51. The molecule has 1 aliphatic heterocycles. The number of aromatic nitrogens is 3. The second-order valence-corrected chi connectivity index (χ2v) is 4.51. The van der Waals surface area contributed by atoms with Crippen LogP contribution in [0.5, 0.6) is 6.01 Å². The van der Waals surface area contributed by atoms with Crippen LogP contribution in [0, 0.1) is 0 Å². The molecule has 1 aromatic rings. The number of amides is 1. The van der Waals surface area contributed by atoms with Gasteiger partial charge in [0.25, 0.3) is 0 Å². The molecule has 1 amide bonds. The van der Waals surface area contributed by atoms with Crippen LogP contribution in [0.1, 0.15) is 19.3 Å². The maximum absolute atomic E-state index is 12.0. The van der Waals surface area contributed by atoms with Crippen molar-refractivity contribution in [3.05, 3.63) is 0 Å². The van der Waals surface area contributed by atoms with Crippen molar-refractivity contribution in [1.82, 2.24) is 20.3 Å². The first kappa shape index (κ1) is 14.3. The first-order valence-corrected chi connectivity index (χ1v) is 6.65. The number of carbonyl (C=O) groups excluding carboxylic acids is 1. The lowest BCUT2D eigenvalue weighted by atomic mass is 10.0. The third kappa shape index (κ3) is 2.89. The van der Waals surface area contributed by atoms with E-state index >= 15 is 0 Å². The molecular weight excluding hydrogens is 260 g/mol. The number of nitrogens with zero attached hydrogens (tertiary/aromatic N) is 4. The number of methoxy groups -OCH3 is 1. The predicted octanol–water partition coefficient (Wildman–Crippen LogP) is 0.0268. The molecule has 0 aromatic carbocycles. The number of hydrogen-bond donors (Lipinski definition) is 2. The van der Waals surface area contributed by atoms with E-state index in [1.807, 2.05) is 4.90 Å². The van der Waals surface area contributed by atoms with Gasteiger partial charge in [0.2, 0.25) is 17.8 Å². The summed E-state index contributed by atoms with van der Waals surface area (Å²) in [6, 6.07) is -0.00820. The SMILES string of the molecule is CNC(=O)C1CCCCN1c1nc(NC)nc(OC)n1. The Kier molecular flexibility index (Phi) is 4.54. The highest BCUT2D eigenvalue weighted by atomic mass is 16.5. The number of anilines is 2. The fourth-order valence-corrected chi connectivity index (χ4v) is 2.29. The van der Waals surface area contributed by atoms with E-state index in [2.05, 4.69) is 25.6 Å². The summed E-state index contributed by atoms with van der Waals surface area (Å²) in [7, 11) is 4.87. The van der Waals surface area contributed by atoms with Crippen molar-refractivity contribution in [3.63, 3.8) is 0 Å². The molecule has 1 fully saturated rings. The molecule has 8 heteroatoms. The van der Waals surface area contributed by atoms with Gasteiger partial charge in [-0.05, 0) is 19.3 Å². The topological polar surface area (TPSA) is 92.3 Å². The summed E-state index contributed by atoms with van der Waals surface area (Å²) in [6.07, 6.45) is 2.83. The zero-order valence-electron chi connectivity index (χ0n) is 12.0. The molecule has 0 radical (unpaired) electrons. The van der Waals surface area contributed by atoms with E-state index in [9.17, 15) is 4.79 Å². The largest absolute Gasteiger partial charge is 0.467 e. The second kappa shape index (κ2) is 6.36. The third-order valence-corrected chi connectivity index (χ3v) is 3.32. The van der Waals surface area contributed by atoms with Gasteiger partial charge < -0.3 is 20.3 Å². The van der Waals surface area contributed by atoms with Crippen molar-refractivity contribution in [2.45, 2.75) is 25.3 Å². The van der Waals surface area contributed by atoms with E-state index in [4.69, 9.17) is 4.74 Å². The molecule has 1 unspecified atom stereocenters. The Hall–Kier alpha value is -2.12. The van der Waals surface area contributed by atoms with Crippen molar-refractivity contribution in [1.29, 1.82) is 0 Å². The molecular formula is C12H20N6O2. The molecule has 1 atom stereocenters. The summed E-state index contributed by atoms with van der Waals surface area (Å²) >= 11 is 0. The lowest BCUT2D eigenvalue weighted by Crippen LogP contribution is -2.49. The Morgan fingerprint density at radius 3 is 2.75 bits per heavy atom. The summed E-state index contributed by atoms with van der Waals surface area (Å²) in [6.45, 7) is 0.744. The van der Waals surface area contributed by atoms with E-state index in [0.29, 0.717) is 11.9 Å². The normalized spacial score (nSPS) is 18.6. The van der Waals surface area contributed by atoms with Crippen LogP contribution in [0.15, 0.2) is 0 Å². The van der Waals surface area contributed by atoms with Crippen LogP contribution >= 0.6 is 0 Å². The van der Waals surface area contributed by atoms with E-state index in [1.54, 1.807) is 14.1 Å². The molecule has 0 saturated carbocycles. The van der Waals surface area contributed by atoms with Crippen LogP contribution in [0.2, 0.25) is 0 Å². The smallest absolute Gasteiger partial charge is 0.322 e. The molecule has 110 valence electrons. The van der Waals surface area contributed by atoms with Gasteiger partial charge in [-0.15, -0.1) is 0 Å². The maximum atomic E-state index is 12.0. The molecule has 8 nitrogen and oxygen atoms in total. The summed E-state index contributed by atoms with van der Waals surface area (Å²) in [5.74, 6) is 0.873. The molecule has 1 aliphatic rings. The summed E-state index contributed by atoms with van der Waals surface area (Å²) in [5, 5.41) is 5.56. The van der Waals surface area contributed by atoms with Crippen LogP contribution in [-0.2, 0) is 4.79 Å². The van der Waals surface area contributed by atoms with E-state index in [0.717, 1.165) is 25.8 Å². The number of rotatable bonds is 4. The molecule has 0 bridgehead atoms. The summed E-state index contributed by atoms with van der Waals surface area (Å²) in [4.78, 5) is 26.5. The van der Waals surface area contributed by atoms with Gasteiger partial charge in [-0.2, -0.15) is 15.0 Å². The van der Waals surface area contributed by atoms with Gasteiger partial charge in [0.1, 0.15) is 6.04 Å². The minimum absolute atomic E-state index is 0.0184. The monoisotopic (exact) mass is 280 g/mol. The number of piperidine rings is 1. The number of ether oxygens (including phenoxy) is 1. The highest BCUT2D eigenvalue weighted by Crippen LogP contribution is 2.23. The van der Waals surface area contributed by atoms with Crippen molar-refractivity contribution in [3.8, 4) is 6.01 Å². The van der Waals surface area contributed by atoms with Crippen LogP contribution in [-0.4, -0.2) is 54.7 Å². The van der Waals surface area contributed by atoms with Gasteiger partial charge in [-0.3, -0.25) is 4.79 Å². The summed E-state index contributed by atoms with van der Waals surface area (Å²) in [5.41, 5.74) is 0. The van der Waals surface area contributed by atoms with Gasteiger partial charge in [-0.25, -0.2) is 0 Å². The molecule has 2 heterocycles. The van der Waals surface area contributed by atoms with Crippen LogP contribution in [0.4, 0.5) is 11.9 Å². The van der Waals surface area contributed by atoms with Crippen molar-refractivity contribution in [2.24, 2.45) is 0 Å². The van der Waals surface area contributed by atoms with Crippen molar-refractivity contribution >= 4 is 17.8 Å². The highest BCUT2D eigenvalue weighted by Gasteiger charge is 2.30. The lowest BCUT2D eigenvalue weighted by Gasteiger charge is -2.34. The first-order chi connectivity index (χ1) is 9.69. The Morgan fingerprint density at radius 2 is 2.10 bits per heavy atom.